The fraction of sp³-hybridized carbons (Fsp3) is 0.500. The Kier molecular flexibility index (Phi) is 6.32. The summed E-state index contributed by atoms with van der Waals surface area (Å²) in [5.41, 5.74) is 1.01. The SMILES string of the molecule is COCCN(CCO)C(=O)c1cc(S(C)(=O)=O)ccc1C. The molecule has 6 nitrogen and oxygen atoms in total. The van der Waals surface area contributed by atoms with Crippen molar-refractivity contribution >= 4 is 15.7 Å². The summed E-state index contributed by atoms with van der Waals surface area (Å²) < 4.78 is 28.1. The Hall–Kier alpha value is -1.44. The molecule has 0 unspecified atom stereocenters. The van der Waals surface area contributed by atoms with Crippen LogP contribution in [0.2, 0.25) is 0 Å². The average Bonchev–Trinajstić information content (AvgIpc) is 2.42. The average molecular weight is 315 g/mol. The molecular weight excluding hydrogens is 294 g/mol. The molecule has 0 bridgehead atoms. The number of sulfone groups is 1. The molecule has 0 radical (unpaired) electrons. The first-order chi connectivity index (χ1) is 9.81. The van der Waals surface area contributed by atoms with Crippen LogP contribution in [0.25, 0.3) is 0 Å². The minimum Gasteiger partial charge on any atom is -0.395 e. The number of ether oxygens (including phenoxy) is 1. The summed E-state index contributed by atoms with van der Waals surface area (Å²) in [6.45, 7) is 2.42. The predicted octanol–water partition coefficient (Wildman–Crippen LogP) is 0.479. The van der Waals surface area contributed by atoms with Crippen LogP contribution in [0.15, 0.2) is 23.1 Å². The number of rotatable bonds is 7. The summed E-state index contributed by atoms with van der Waals surface area (Å²) in [5.74, 6) is -0.316. The number of carbonyl (C=O) groups excluding carboxylic acids is 1. The van der Waals surface area contributed by atoms with Gasteiger partial charge >= 0.3 is 0 Å². The van der Waals surface area contributed by atoms with E-state index >= 15 is 0 Å². The number of carbonyl (C=O) groups is 1. The van der Waals surface area contributed by atoms with Crippen LogP contribution >= 0.6 is 0 Å². The molecular formula is C14H21NO5S. The molecule has 1 aromatic rings. The number of hydrogen-bond donors (Lipinski definition) is 1. The monoisotopic (exact) mass is 315 g/mol. The van der Waals surface area contributed by atoms with Crippen molar-refractivity contribution in [3.8, 4) is 0 Å². The third-order valence-electron chi connectivity index (χ3n) is 3.09. The molecule has 118 valence electrons. The van der Waals surface area contributed by atoms with Crippen LogP contribution in [0.4, 0.5) is 0 Å². The molecule has 0 aliphatic heterocycles. The number of hydrogen-bond acceptors (Lipinski definition) is 5. The van der Waals surface area contributed by atoms with E-state index in [4.69, 9.17) is 9.84 Å². The van der Waals surface area contributed by atoms with Crippen LogP contribution in [0, 0.1) is 6.92 Å². The van der Waals surface area contributed by atoms with Crippen LogP contribution in [0.1, 0.15) is 15.9 Å². The molecule has 0 saturated carbocycles. The maximum Gasteiger partial charge on any atom is 0.254 e. The standard InChI is InChI=1S/C14H21NO5S/c1-11-4-5-12(21(3,18)19)10-13(11)14(17)15(6-8-16)7-9-20-2/h4-5,10,16H,6-9H2,1-3H3. The zero-order chi connectivity index (χ0) is 16.0. The fourth-order valence-corrected chi connectivity index (χ4v) is 2.52. The van der Waals surface area contributed by atoms with Crippen molar-refractivity contribution in [1.82, 2.24) is 4.90 Å². The van der Waals surface area contributed by atoms with E-state index in [0.29, 0.717) is 24.3 Å². The fourth-order valence-electron chi connectivity index (χ4n) is 1.87. The molecule has 0 aromatic heterocycles. The number of aliphatic hydroxyl groups is 1. The lowest BCUT2D eigenvalue weighted by atomic mass is 10.1. The van der Waals surface area contributed by atoms with Gasteiger partial charge < -0.3 is 14.7 Å². The molecule has 1 rings (SSSR count). The number of benzene rings is 1. The molecule has 21 heavy (non-hydrogen) atoms. The summed E-state index contributed by atoms with van der Waals surface area (Å²) in [6, 6.07) is 4.47. The number of methoxy groups -OCH3 is 1. The minimum absolute atomic E-state index is 0.104. The van der Waals surface area contributed by atoms with Gasteiger partial charge in [-0.3, -0.25) is 4.79 Å². The highest BCUT2D eigenvalue weighted by Gasteiger charge is 2.19. The van der Waals surface area contributed by atoms with Crippen molar-refractivity contribution in [1.29, 1.82) is 0 Å². The Morgan fingerprint density at radius 3 is 2.52 bits per heavy atom. The lowest BCUT2D eigenvalue weighted by molar-refractivity contribution is 0.0655. The number of aliphatic hydroxyl groups excluding tert-OH is 1. The van der Waals surface area contributed by atoms with Crippen molar-refractivity contribution in [3.05, 3.63) is 29.3 Å². The van der Waals surface area contributed by atoms with Crippen LogP contribution in [0.3, 0.4) is 0 Å². The molecule has 0 fully saturated rings. The first-order valence-corrected chi connectivity index (χ1v) is 8.40. The van der Waals surface area contributed by atoms with Gasteiger partial charge in [-0.15, -0.1) is 0 Å². The molecule has 0 spiro atoms. The highest BCUT2D eigenvalue weighted by molar-refractivity contribution is 7.90. The second-order valence-electron chi connectivity index (χ2n) is 4.76. The molecule has 0 aliphatic carbocycles. The predicted molar refractivity (Wildman–Crippen MR) is 79.2 cm³/mol. The van der Waals surface area contributed by atoms with E-state index in [0.717, 1.165) is 6.26 Å². The Morgan fingerprint density at radius 1 is 1.33 bits per heavy atom. The third-order valence-corrected chi connectivity index (χ3v) is 4.20. The van der Waals surface area contributed by atoms with E-state index in [1.807, 2.05) is 0 Å². The van der Waals surface area contributed by atoms with Gasteiger partial charge in [0, 0.05) is 32.0 Å². The molecule has 1 aromatic carbocycles. The number of aryl methyl sites for hydroxylation is 1. The second kappa shape index (κ2) is 7.53. The summed E-state index contributed by atoms with van der Waals surface area (Å²) in [4.78, 5) is 14.1. The van der Waals surface area contributed by atoms with Crippen LogP contribution in [0.5, 0.6) is 0 Å². The van der Waals surface area contributed by atoms with Crippen LogP contribution in [-0.4, -0.2) is 64.0 Å². The van der Waals surface area contributed by atoms with Gasteiger partial charge in [0.05, 0.1) is 18.1 Å². The van der Waals surface area contributed by atoms with Crippen molar-refractivity contribution in [2.24, 2.45) is 0 Å². The molecule has 0 aliphatic rings. The van der Waals surface area contributed by atoms with E-state index in [2.05, 4.69) is 0 Å². The lowest BCUT2D eigenvalue weighted by Gasteiger charge is -2.22. The largest absolute Gasteiger partial charge is 0.395 e. The summed E-state index contributed by atoms with van der Waals surface area (Å²) >= 11 is 0. The topological polar surface area (TPSA) is 83.9 Å². The Labute approximate surface area is 125 Å². The number of nitrogens with zero attached hydrogens (tertiary/aromatic N) is 1. The molecule has 0 saturated heterocycles. The maximum absolute atomic E-state index is 12.5. The van der Waals surface area contributed by atoms with Crippen molar-refractivity contribution in [2.45, 2.75) is 11.8 Å². The first-order valence-electron chi connectivity index (χ1n) is 6.51. The van der Waals surface area contributed by atoms with Gasteiger partial charge in [0.1, 0.15) is 0 Å². The van der Waals surface area contributed by atoms with Gasteiger partial charge in [0.25, 0.3) is 5.91 Å². The van der Waals surface area contributed by atoms with Gasteiger partial charge in [-0.2, -0.15) is 0 Å². The molecule has 1 amide bonds. The van der Waals surface area contributed by atoms with Crippen molar-refractivity contribution in [2.75, 3.05) is 39.7 Å². The van der Waals surface area contributed by atoms with Gasteiger partial charge in [-0.05, 0) is 24.6 Å². The second-order valence-corrected chi connectivity index (χ2v) is 6.77. The van der Waals surface area contributed by atoms with Crippen LogP contribution in [-0.2, 0) is 14.6 Å². The molecule has 1 N–H and O–H groups in total. The summed E-state index contributed by atoms with van der Waals surface area (Å²) in [5, 5.41) is 9.05. The third kappa shape index (κ3) is 4.80. The van der Waals surface area contributed by atoms with Gasteiger partial charge in [-0.1, -0.05) is 6.07 Å². The van der Waals surface area contributed by atoms with E-state index in [-0.39, 0.29) is 24.0 Å². The van der Waals surface area contributed by atoms with Crippen LogP contribution < -0.4 is 0 Å². The quantitative estimate of drug-likeness (QED) is 0.791. The van der Waals surface area contributed by atoms with Crippen molar-refractivity contribution in [3.63, 3.8) is 0 Å². The Bertz CT molecular complexity index is 597. The summed E-state index contributed by atoms with van der Waals surface area (Å²) in [6.07, 6.45) is 1.10. The lowest BCUT2D eigenvalue weighted by Crippen LogP contribution is -2.36. The van der Waals surface area contributed by atoms with Gasteiger partial charge in [-0.25, -0.2) is 8.42 Å². The minimum atomic E-state index is -3.38. The Morgan fingerprint density at radius 2 is 2.00 bits per heavy atom. The zero-order valence-corrected chi connectivity index (χ0v) is 13.3. The van der Waals surface area contributed by atoms with Gasteiger partial charge in [0.15, 0.2) is 9.84 Å². The maximum atomic E-state index is 12.5. The van der Waals surface area contributed by atoms with Crippen molar-refractivity contribution < 1.29 is 23.1 Å². The van der Waals surface area contributed by atoms with E-state index in [1.165, 1.54) is 24.1 Å². The van der Waals surface area contributed by atoms with Gasteiger partial charge in [0.2, 0.25) is 0 Å². The highest BCUT2D eigenvalue weighted by Crippen LogP contribution is 2.17. The summed E-state index contributed by atoms with van der Waals surface area (Å²) in [7, 11) is -1.85. The normalized spacial score (nSPS) is 11.4. The van der Waals surface area contributed by atoms with E-state index < -0.39 is 9.84 Å². The number of amides is 1. The highest BCUT2D eigenvalue weighted by atomic mass is 32.2. The smallest absolute Gasteiger partial charge is 0.254 e. The Balaban J connectivity index is 3.14. The zero-order valence-electron chi connectivity index (χ0n) is 12.5. The first kappa shape index (κ1) is 17.6. The molecule has 7 heteroatoms. The van der Waals surface area contributed by atoms with E-state index in [1.54, 1.807) is 13.0 Å². The molecule has 0 atom stereocenters. The molecule has 0 heterocycles. The van der Waals surface area contributed by atoms with E-state index in [9.17, 15) is 13.2 Å².